The molecular formula is C15H23ClN2O2S. The molecule has 2 unspecified atom stereocenters. The van der Waals surface area contributed by atoms with Crippen LogP contribution in [0.15, 0.2) is 29.2 Å². The minimum atomic E-state index is -3.46. The predicted octanol–water partition coefficient (Wildman–Crippen LogP) is 2.92. The molecule has 0 bridgehead atoms. The van der Waals surface area contributed by atoms with Gasteiger partial charge in [0.25, 0.3) is 0 Å². The van der Waals surface area contributed by atoms with Crippen molar-refractivity contribution in [1.82, 2.24) is 4.31 Å². The molecule has 1 aliphatic carbocycles. The number of halogens is 1. The van der Waals surface area contributed by atoms with Crippen molar-refractivity contribution in [3.05, 3.63) is 24.3 Å². The lowest BCUT2D eigenvalue weighted by Gasteiger charge is -2.37. The summed E-state index contributed by atoms with van der Waals surface area (Å²) in [5.74, 6) is 0. The Morgan fingerprint density at radius 3 is 2.33 bits per heavy atom. The third kappa shape index (κ3) is 3.35. The number of sulfonamides is 1. The Hall–Kier alpha value is -0.780. The quantitative estimate of drug-likeness (QED) is 0.797. The second-order valence-corrected chi connectivity index (χ2v) is 8.41. The molecule has 1 aromatic carbocycles. The smallest absolute Gasteiger partial charge is 0.244 e. The van der Waals surface area contributed by atoms with Gasteiger partial charge in [-0.2, -0.15) is 0 Å². The van der Waals surface area contributed by atoms with Gasteiger partial charge in [-0.15, -0.1) is 11.6 Å². The van der Waals surface area contributed by atoms with Gasteiger partial charge in [0.15, 0.2) is 0 Å². The van der Waals surface area contributed by atoms with Crippen LogP contribution in [0, 0.1) is 0 Å². The molecule has 1 aliphatic rings. The Labute approximate surface area is 132 Å². The van der Waals surface area contributed by atoms with Gasteiger partial charge in [-0.25, -0.2) is 12.7 Å². The molecule has 1 aromatic rings. The molecule has 0 aliphatic heterocycles. The Bertz CT molecular complexity index is 589. The lowest BCUT2D eigenvalue weighted by molar-refractivity contribution is 0.432. The SMILES string of the molecule is CN(c1ccccc1S(=O)(=O)N(C)C)C1CCCCC1Cl. The first-order valence-corrected chi connectivity index (χ1v) is 9.12. The molecule has 1 saturated carbocycles. The second-order valence-electron chi connectivity index (χ2n) is 5.73. The van der Waals surface area contributed by atoms with E-state index < -0.39 is 10.0 Å². The summed E-state index contributed by atoms with van der Waals surface area (Å²) in [5, 5.41) is 0.0684. The predicted molar refractivity (Wildman–Crippen MR) is 87.6 cm³/mol. The Morgan fingerprint density at radius 2 is 1.71 bits per heavy atom. The van der Waals surface area contributed by atoms with Gasteiger partial charge >= 0.3 is 0 Å². The first-order valence-electron chi connectivity index (χ1n) is 7.24. The maximum absolute atomic E-state index is 12.5. The number of anilines is 1. The zero-order valence-electron chi connectivity index (χ0n) is 12.8. The fraction of sp³-hybridized carbons (Fsp3) is 0.600. The van der Waals surface area contributed by atoms with Crippen molar-refractivity contribution in [2.45, 2.75) is 42.0 Å². The minimum Gasteiger partial charge on any atom is -0.369 e. The van der Waals surface area contributed by atoms with Gasteiger partial charge < -0.3 is 4.90 Å². The molecule has 0 amide bonds. The van der Waals surface area contributed by atoms with E-state index >= 15 is 0 Å². The molecule has 0 N–H and O–H groups in total. The van der Waals surface area contributed by atoms with E-state index in [0.29, 0.717) is 4.90 Å². The molecule has 1 fully saturated rings. The molecule has 6 heteroatoms. The van der Waals surface area contributed by atoms with Gasteiger partial charge in [0, 0.05) is 27.2 Å². The van der Waals surface area contributed by atoms with Gasteiger partial charge in [-0.05, 0) is 25.0 Å². The molecule has 4 nitrogen and oxygen atoms in total. The summed E-state index contributed by atoms with van der Waals surface area (Å²) < 4.78 is 26.2. The topological polar surface area (TPSA) is 40.6 Å². The average Bonchev–Trinajstić information content (AvgIpc) is 2.47. The lowest BCUT2D eigenvalue weighted by atomic mass is 9.93. The summed E-state index contributed by atoms with van der Waals surface area (Å²) in [5.41, 5.74) is 0.726. The van der Waals surface area contributed by atoms with Crippen molar-refractivity contribution in [3.8, 4) is 0 Å². The Kier molecular flexibility index (Phi) is 5.17. The zero-order valence-corrected chi connectivity index (χ0v) is 14.4. The van der Waals surface area contributed by atoms with E-state index in [4.69, 9.17) is 11.6 Å². The van der Waals surface area contributed by atoms with Crippen LogP contribution in [0.4, 0.5) is 5.69 Å². The summed E-state index contributed by atoms with van der Waals surface area (Å²) in [7, 11) is 1.59. The van der Waals surface area contributed by atoms with E-state index in [1.807, 2.05) is 24.1 Å². The maximum atomic E-state index is 12.5. The van der Waals surface area contributed by atoms with E-state index in [9.17, 15) is 8.42 Å². The van der Waals surface area contributed by atoms with E-state index in [-0.39, 0.29) is 11.4 Å². The van der Waals surface area contributed by atoms with Crippen LogP contribution in [-0.2, 0) is 10.0 Å². The van der Waals surface area contributed by atoms with E-state index in [0.717, 1.165) is 31.4 Å². The molecule has 21 heavy (non-hydrogen) atoms. The molecule has 0 saturated heterocycles. The van der Waals surface area contributed by atoms with E-state index in [1.54, 1.807) is 26.2 Å². The molecule has 2 rings (SSSR count). The monoisotopic (exact) mass is 330 g/mol. The van der Waals surface area contributed by atoms with Gasteiger partial charge in [0.05, 0.1) is 11.1 Å². The molecular weight excluding hydrogens is 308 g/mol. The largest absolute Gasteiger partial charge is 0.369 e. The highest BCUT2D eigenvalue weighted by Gasteiger charge is 2.30. The maximum Gasteiger partial charge on any atom is 0.244 e. The number of hydrogen-bond donors (Lipinski definition) is 0. The number of alkyl halides is 1. The van der Waals surface area contributed by atoms with Crippen LogP contribution >= 0.6 is 11.6 Å². The Morgan fingerprint density at radius 1 is 1.10 bits per heavy atom. The van der Waals surface area contributed by atoms with E-state index in [1.165, 1.54) is 4.31 Å². The molecule has 0 spiro atoms. The van der Waals surface area contributed by atoms with Crippen LogP contribution in [0.3, 0.4) is 0 Å². The highest BCUT2D eigenvalue weighted by atomic mass is 35.5. The van der Waals surface area contributed by atoms with Gasteiger partial charge in [0.2, 0.25) is 10.0 Å². The molecule has 0 heterocycles. The summed E-state index contributed by atoms with van der Waals surface area (Å²) in [4.78, 5) is 2.37. The summed E-state index contributed by atoms with van der Waals surface area (Å²) >= 11 is 6.46. The van der Waals surface area contributed by atoms with E-state index in [2.05, 4.69) is 0 Å². The van der Waals surface area contributed by atoms with Crippen LogP contribution in [0.5, 0.6) is 0 Å². The number of hydrogen-bond acceptors (Lipinski definition) is 3. The van der Waals surface area contributed by atoms with Crippen LogP contribution in [0.1, 0.15) is 25.7 Å². The second kappa shape index (κ2) is 6.55. The average molecular weight is 331 g/mol. The third-order valence-electron chi connectivity index (χ3n) is 4.15. The standard InChI is InChI=1S/C15H23ClN2O2S/c1-17(2)21(19,20)15-11-7-6-10-14(15)18(3)13-9-5-4-8-12(13)16/h6-7,10-13H,4-5,8-9H2,1-3H3. The molecule has 0 radical (unpaired) electrons. The number of rotatable bonds is 4. The molecule has 118 valence electrons. The summed E-state index contributed by atoms with van der Waals surface area (Å²) in [6, 6.07) is 7.32. The fourth-order valence-electron chi connectivity index (χ4n) is 2.84. The number of nitrogens with zero attached hydrogens (tertiary/aromatic N) is 2. The highest BCUT2D eigenvalue weighted by molar-refractivity contribution is 7.89. The van der Waals surface area contributed by atoms with Crippen molar-refractivity contribution in [2.75, 3.05) is 26.0 Å². The van der Waals surface area contributed by atoms with Crippen LogP contribution in [-0.4, -0.2) is 45.3 Å². The third-order valence-corrected chi connectivity index (χ3v) is 6.52. The van der Waals surface area contributed by atoms with Crippen molar-refractivity contribution in [2.24, 2.45) is 0 Å². The van der Waals surface area contributed by atoms with Crippen molar-refractivity contribution >= 4 is 27.3 Å². The number of benzene rings is 1. The Balaban J connectivity index is 2.40. The van der Waals surface area contributed by atoms with Crippen LogP contribution < -0.4 is 4.90 Å². The van der Waals surface area contributed by atoms with Crippen LogP contribution in [0.2, 0.25) is 0 Å². The van der Waals surface area contributed by atoms with Gasteiger partial charge in [0.1, 0.15) is 4.90 Å². The van der Waals surface area contributed by atoms with Crippen molar-refractivity contribution in [1.29, 1.82) is 0 Å². The lowest BCUT2D eigenvalue weighted by Crippen LogP contribution is -2.41. The minimum absolute atomic E-state index is 0.0684. The first kappa shape index (κ1) is 16.6. The van der Waals surface area contributed by atoms with Crippen molar-refractivity contribution < 1.29 is 8.42 Å². The summed E-state index contributed by atoms with van der Waals surface area (Å²) in [6.45, 7) is 0. The van der Waals surface area contributed by atoms with Crippen molar-refractivity contribution in [3.63, 3.8) is 0 Å². The molecule has 0 aromatic heterocycles. The van der Waals surface area contributed by atoms with Crippen LogP contribution in [0.25, 0.3) is 0 Å². The zero-order chi connectivity index (χ0) is 15.6. The van der Waals surface area contributed by atoms with Gasteiger partial charge in [-0.1, -0.05) is 25.0 Å². The normalized spacial score (nSPS) is 23.3. The highest BCUT2D eigenvalue weighted by Crippen LogP contribution is 2.33. The fourth-order valence-corrected chi connectivity index (χ4v) is 4.41. The van der Waals surface area contributed by atoms with Gasteiger partial charge in [-0.3, -0.25) is 0 Å². The first-order chi connectivity index (χ1) is 9.85. The number of para-hydroxylation sites is 1. The summed E-state index contributed by atoms with van der Waals surface area (Å²) in [6.07, 6.45) is 4.27. The molecule has 2 atom stereocenters.